The molecule has 0 aromatic rings. The Morgan fingerprint density at radius 2 is 0.421 bits per heavy atom. The van der Waals surface area contributed by atoms with Gasteiger partial charge in [-0.25, -0.2) is 0 Å². The van der Waals surface area contributed by atoms with E-state index in [0.29, 0.717) is 0 Å². The summed E-state index contributed by atoms with van der Waals surface area (Å²) in [6, 6.07) is 0. The fourth-order valence-electron chi connectivity index (χ4n) is 0. The Labute approximate surface area is 186 Å². The molecule has 0 aromatic heterocycles. The zero-order valence-electron chi connectivity index (χ0n) is 9.48. The number of hydrogen-bond donors (Lipinski definition) is 0. The molecule has 0 aliphatic heterocycles. The van der Waals surface area contributed by atoms with Crippen LogP contribution < -0.4 is 88.7 Å². The monoisotopic (exact) mass is 413 g/mol. The Hall–Kier alpha value is 3.13. The van der Waals surface area contributed by atoms with E-state index < -0.39 is 31.2 Å². The molecule has 0 N–H and O–H groups in total. The minimum atomic E-state index is -5.17. The molecule has 0 saturated carbocycles. The van der Waals surface area contributed by atoms with Crippen LogP contribution in [-0.2, 0) is 48.3 Å². The third-order valence-corrected chi connectivity index (χ3v) is 0. The SMILES string of the molecule is O=S(=O)([O-])[O-].O=S(=O)([O-])[O-].O=S(=O)([O-])[O-].[Fe+3].[Na+].[Na+].[Na+]. The molecule has 19 heavy (non-hydrogen) atoms. The largest absolute Gasteiger partial charge is 3.00 e. The second kappa shape index (κ2) is 19.2. The number of rotatable bonds is 0. The minimum absolute atomic E-state index is 0. The van der Waals surface area contributed by atoms with Gasteiger partial charge in [0.25, 0.3) is 0 Å². The van der Waals surface area contributed by atoms with E-state index in [9.17, 15) is 0 Å². The third-order valence-electron chi connectivity index (χ3n) is 0. The van der Waals surface area contributed by atoms with Gasteiger partial charge in [0, 0.05) is 31.2 Å². The van der Waals surface area contributed by atoms with E-state index in [1.807, 2.05) is 0 Å². The molecule has 0 rings (SSSR count). The summed E-state index contributed by atoms with van der Waals surface area (Å²) in [5, 5.41) is 0. The predicted molar refractivity (Wildman–Crippen MR) is 31.4 cm³/mol. The second-order valence-corrected chi connectivity index (χ2v) is 3.67. The van der Waals surface area contributed by atoms with Crippen LogP contribution in [-0.4, -0.2) is 52.6 Å². The van der Waals surface area contributed by atoms with Gasteiger partial charge in [0.2, 0.25) is 0 Å². The second-order valence-electron chi connectivity index (χ2n) is 1.22. The minimum Gasteiger partial charge on any atom is -0.759 e. The van der Waals surface area contributed by atoms with Gasteiger partial charge >= 0.3 is 106 Å². The Morgan fingerprint density at radius 3 is 0.421 bits per heavy atom. The van der Waals surface area contributed by atoms with Crippen molar-refractivity contribution in [3.8, 4) is 0 Å². The Kier molecular flexibility index (Phi) is 43.6. The van der Waals surface area contributed by atoms with Crippen molar-refractivity contribution >= 4 is 31.2 Å². The van der Waals surface area contributed by atoms with E-state index in [2.05, 4.69) is 0 Å². The molecule has 0 aromatic carbocycles. The van der Waals surface area contributed by atoms with Crippen LogP contribution in [0.25, 0.3) is 0 Å². The van der Waals surface area contributed by atoms with E-state index in [0.717, 1.165) is 0 Å². The number of hydrogen-bond acceptors (Lipinski definition) is 12. The first-order valence-electron chi connectivity index (χ1n) is 2.00. The topological polar surface area (TPSA) is 241 Å². The van der Waals surface area contributed by atoms with Crippen molar-refractivity contribution in [3.05, 3.63) is 0 Å². The van der Waals surface area contributed by atoms with Gasteiger partial charge in [0.15, 0.2) is 0 Å². The first-order valence-corrected chi connectivity index (χ1v) is 6.00. The van der Waals surface area contributed by atoms with Crippen LogP contribution in [0.3, 0.4) is 0 Å². The van der Waals surface area contributed by atoms with Crippen LogP contribution in [0.15, 0.2) is 0 Å². The molecule has 0 unspecified atom stereocenters. The van der Waals surface area contributed by atoms with E-state index in [1.165, 1.54) is 0 Å². The maximum Gasteiger partial charge on any atom is 3.00 e. The van der Waals surface area contributed by atoms with Crippen molar-refractivity contribution in [2.24, 2.45) is 0 Å². The zero-order chi connectivity index (χ0) is 13.5. The van der Waals surface area contributed by atoms with Gasteiger partial charge in [-0.05, 0) is 0 Å². The summed E-state index contributed by atoms with van der Waals surface area (Å²) in [4.78, 5) is 0. The van der Waals surface area contributed by atoms with Gasteiger partial charge in [0.1, 0.15) is 0 Å². The van der Waals surface area contributed by atoms with Gasteiger partial charge in [-0.2, -0.15) is 0 Å². The summed E-state index contributed by atoms with van der Waals surface area (Å²) in [7, 11) is -15.5. The molecule has 12 nitrogen and oxygen atoms in total. The van der Waals surface area contributed by atoms with Crippen LogP contribution in [0, 0.1) is 0 Å². The average Bonchev–Trinajstić information content (AvgIpc) is 1.41. The molecule has 0 heterocycles. The molecule has 101 valence electrons. The zero-order valence-corrected chi connectivity index (χ0v) is 19.0. The first kappa shape index (κ1) is 43.2. The molecular formula is FeNa3O12S3. The molecule has 0 spiro atoms. The van der Waals surface area contributed by atoms with Gasteiger partial charge < -0.3 is 27.3 Å². The molecule has 0 aliphatic carbocycles. The summed E-state index contributed by atoms with van der Waals surface area (Å²) in [6.45, 7) is 0. The van der Waals surface area contributed by atoms with Crippen molar-refractivity contribution in [1.29, 1.82) is 0 Å². The van der Waals surface area contributed by atoms with Gasteiger partial charge in [-0.3, -0.25) is 25.3 Å². The Balaban J connectivity index is -0.0000000206. The predicted octanol–water partition coefficient (Wildman–Crippen LogP) is -13.0. The fraction of sp³-hybridized carbons (Fsp3) is 0. The molecule has 1 radical (unpaired) electrons. The summed E-state index contributed by atoms with van der Waals surface area (Å²) in [6.07, 6.45) is 0. The molecule has 0 atom stereocenters. The Bertz CT molecular complexity index is 349. The van der Waals surface area contributed by atoms with Crippen LogP contribution in [0.2, 0.25) is 0 Å². The average molecular weight is 413 g/mol. The summed E-state index contributed by atoms with van der Waals surface area (Å²) >= 11 is 0. The van der Waals surface area contributed by atoms with Gasteiger partial charge in [0.05, 0.1) is 0 Å². The third kappa shape index (κ3) is 789. The van der Waals surface area contributed by atoms with E-state index in [1.54, 1.807) is 0 Å². The van der Waals surface area contributed by atoms with Crippen LogP contribution in [0.5, 0.6) is 0 Å². The normalized spacial score (nSPS) is 9.16. The summed E-state index contributed by atoms with van der Waals surface area (Å²) in [5.41, 5.74) is 0. The van der Waals surface area contributed by atoms with Crippen LogP contribution in [0.1, 0.15) is 0 Å². The molecule has 0 saturated heterocycles. The molecule has 19 heteroatoms. The summed E-state index contributed by atoms with van der Waals surface area (Å²) < 4.78 is 102. The molecular weight excluding hydrogens is 413 g/mol. The van der Waals surface area contributed by atoms with E-state index in [-0.39, 0.29) is 106 Å². The van der Waals surface area contributed by atoms with Crippen molar-refractivity contribution in [2.75, 3.05) is 0 Å². The van der Waals surface area contributed by atoms with Crippen molar-refractivity contribution in [3.63, 3.8) is 0 Å². The maximum absolute atomic E-state index is 8.52. The first-order chi connectivity index (χ1) is 6.00. The quantitative estimate of drug-likeness (QED) is 0.204. The molecule has 0 amide bonds. The van der Waals surface area contributed by atoms with Crippen LogP contribution in [0.4, 0.5) is 0 Å². The summed E-state index contributed by atoms with van der Waals surface area (Å²) in [5.74, 6) is 0. The smallest absolute Gasteiger partial charge is 0.759 e. The van der Waals surface area contributed by atoms with E-state index >= 15 is 0 Å². The molecule has 0 fully saturated rings. The van der Waals surface area contributed by atoms with Crippen LogP contribution >= 0.6 is 0 Å². The van der Waals surface area contributed by atoms with Crippen molar-refractivity contribution < 1.29 is 158 Å². The fourth-order valence-corrected chi connectivity index (χ4v) is 0. The Morgan fingerprint density at radius 1 is 0.421 bits per heavy atom. The molecule has 0 bridgehead atoms. The van der Waals surface area contributed by atoms with Gasteiger partial charge in [-0.1, -0.05) is 0 Å². The van der Waals surface area contributed by atoms with Crippen molar-refractivity contribution in [2.45, 2.75) is 0 Å². The maximum atomic E-state index is 8.52. The molecule has 0 aliphatic rings. The standard InChI is InChI=1S/Fe.3Na.3H2O4S/c;;;;3*1-5(2,3)4/h;;;;3*(H2,1,2,3,4)/q+3;3*+1;;;/p-6. The van der Waals surface area contributed by atoms with E-state index in [4.69, 9.17) is 52.6 Å². The van der Waals surface area contributed by atoms with Gasteiger partial charge in [-0.15, -0.1) is 0 Å². The van der Waals surface area contributed by atoms with Crippen molar-refractivity contribution in [1.82, 2.24) is 0 Å².